The summed E-state index contributed by atoms with van der Waals surface area (Å²) in [5.41, 5.74) is 6.60. The van der Waals surface area contributed by atoms with E-state index in [1.165, 1.54) is 5.56 Å². The van der Waals surface area contributed by atoms with Crippen LogP contribution in [0.5, 0.6) is 5.75 Å². The SMILES string of the molecule is COc1[c]cc(CCN)c(Br)c1. The fourth-order valence-electron chi connectivity index (χ4n) is 0.942. The van der Waals surface area contributed by atoms with Crippen molar-refractivity contribution in [3.63, 3.8) is 0 Å². The van der Waals surface area contributed by atoms with Gasteiger partial charge < -0.3 is 10.5 Å². The Kier molecular flexibility index (Phi) is 3.56. The van der Waals surface area contributed by atoms with Gasteiger partial charge in [-0.05, 0) is 30.7 Å². The molecule has 0 aliphatic rings. The summed E-state index contributed by atoms with van der Waals surface area (Å²) in [6.07, 6.45) is 0.862. The minimum Gasteiger partial charge on any atom is -0.496 e. The third-order valence-electron chi connectivity index (χ3n) is 1.59. The Bertz CT molecular complexity index is 263. The second-order valence-electron chi connectivity index (χ2n) is 2.41. The first kappa shape index (κ1) is 9.55. The van der Waals surface area contributed by atoms with Gasteiger partial charge in [-0.2, -0.15) is 0 Å². The fraction of sp³-hybridized carbons (Fsp3) is 0.333. The lowest BCUT2D eigenvalue weighted by atomic mass is 10.1. The van der Waals surface area contributed by atoms with Crippen LogP contribution < -0.4 is 10.5 Å². The lowest BCUT2D eigenvalue weighted by molar-refractivity contribution is 0.413. The molecule has 0 saturated heterocycles. The molecular weight excluding hydrogens is 218 g/mol. The van der Waals surface area contributed by atoms with Crippen molar-refractivity contribution >= 4 is 15.9 Å². The van der Waals surface area contributed by atoms with Gasteiger partial charge in [-0.25, -0.2) is 0 Å². The van der Waals surface area contributed by atoms with Crippen molar-refractivity contribution in [2.24, 2.45) is 5.73 Å². The molecule has 0 aromatic heterocycles. The summed E-state index contributed by atoms with van der Waals surface area (Å²) in [6, 6.07) is 6.80. The van der Waals surface area contributed by atoms with Crippen molar-refractivity contribution in [2.45, 2.75) is 6.42 Å². The van der Waals surface area contributed by atoms with E-state index in [0.717, 1.165) is 16.6 Å². The van der Waals surface area contributed by atoms with Gasteiger partial charge in [-0.3, -0.25) is 0 Å². The number of rotatable bonds is 3. The van der Waals surface area contributed by atoms with Crippen LogP contribution in [0.2, 0.25) is 0 Å². The molecule has 0 atom stereocenters. The monoisotopic (exact) mass is 228 g/mol. The van der Waals surface area contributed by atoms with Gasteiger partial charge in [0.1, 0.15) is 5.75 Å². The molecule has 1 rings (SSSR count). The highest BCUT2D eigenvalue weighted by Crippen LogP contribution is 2.22. The largest absolute Gasteiger partial charge is 0.496 e. The smallest absolute Gasteiger partial charge is 0.127 e. The highest BCUT2D eigenvalue weighted by molar-refractivity contribution is 9.10. The molecule has 1 aromatic rings. The van der Waals surface area contributed by atoms with Crippen molar-refractivity contribution in [1.29, 1.82) is 0 Å². The molecule has 0 spiro atoms. The van der Waals surface area contributed by atoms with E-state index in [2.05, 4.69) is 22.0 Å². The number of benzene rings is 1. The number of methoxy groups -OCH3 is 1. The molecule has 0 unspecified atom stereocenters. The van der Waals surface area contributed by atoms with Crippen LogP contribution in [-0.2, 0) is 6.42 Å². The van der Waals surface area contributed by atoms with E-state index in [-0.39, 0.29) is 0 Å². The third kappa shape index (κ3) is 2.22. The van der Waals surface area contributed by atoms with E-state index in [1.54, 1.807) is 7.11 Å². The Balaban J connectivity index is 2.87. The topological polar surface area (TPSA) is 35.2 Å². The van der Waals surface area contributed by atoms with Gasteiger partial charge in [0, 0.05) is 10.5 Å². The van der Waals surface area contributed by atoms with Gasteiger partial charge in [-0.15, -0.1) is 0 Å². The lowest BCUT2D eigenvalue weighted by Crippen LogP contribution is -2.03. The van der Waals surface area contributed by atoms with Crippen LogP contribution in [0.25, 0.3) is 0 Å². The normalized spacial score (nSPS) is 9.92. The number of hydrogen-bond donors (Lipinski definition) is 1. The Morgan fingerprint density at radius 3 is 2.92 bits per heavy atom. The van der Waals surface area contributed by atoms with Gasteiger partial charge in [0.05, 0.1) is 7.11 Å². The van der Waals surface area contributed by atoms with Crippen LogP contribution in [0.15, 0.2) is 16.6 Å². The Hall–Kier alpha value is -0.540. The van der Waals surface area contributed by atoms with Crippen LogP contribution in [0.4, 0.5) is 0 Å². The summed E-state index contributed by atoms with van der Waals surface area (Å²) < 4.78 is 6.04. The molecule has 12 heavy (non-hydrogen) atoms. The summed E-state index contributed by atoms with van der Waals surface area (Å²) in [6.45, 7) is 0.652. The van der Waals surface area contributed by atoms with Gasteiger partial charge >= 0.3 is 0 Å². The first-order valence-electron chi connectivity index (χ1n) is 3.72. The van der Waals surface area contributed by atoms with Crippen LogP contribution >= 0.6 is 15.9 Å². The Morgan fingerprint density at radius 2 is 2.42 bits per heavy atom. The molecule has 3 heteroatoms. The maximum atomic E-state index is 5.43. The first-order valence-corrected chi connectivity index (χ1v) is 4.51. The summed E-state index contributed by atoms with van der Waals surface area (Å²) >= 11 is 3.43. The van der Waals surface area contributed by atoms with E-state index in [4.69, 9.17) is 10.5 Å². The highest BCUT2D eigenvalue weighted by atomic mass is 79.9. The quantitative estimate of drug-likeness (QED) is 0.857. The number of nitrogens with two attached hydrogens (primary N) is 1. The van der Waals surface area contributed by atoms with Crippen LogP contribution in [0.3, 0.4) is 0 Å². The van der Waals surface area contributed by atoms with E-state index in [9.17, 15) is 0 Å². The maximum Gasteiger partial charge on any atom is 0.127 e. The molecule has 65 valence electrons. The van der Waals surface area contributed by atoms with E-state index >= 15 is 0 Å². The second-order valence-corrected chi connectivity index (χ2v) is 3.27. The molecule has 0 fully saturated rings. The van der Waals surface area contributed by atoms with E-state index in [1.807, 2.05) is 12.1 Å². The predicted molar refractivity (Wildman–Crippen MR) is 52.3 cm³/mol. The number of hydrogen-bond acceptors (Lipinski definition) is 2. The number of ether oxygens (including phenoxy) is 1. The molecule has 1 aromatic carbocycles. The highest BCUT2D eigenvalue weighted by Gasteiger charge is 2.00. The van der Waals surface area contributed by atoms with Crippen molar-refractivity contribution < 1.29 is 4.74 Å². The molecule has 2 N–H and O–H groups in total. The van der Waals surface area contributed by atoms with Crippen molar-refractivity contribution in [1.82, 2.24) is 0 Å². The zero-order valence-corrected chi connectivity index (χ0v) is 8.52. The molecule has 0 bridgehead atoms. The van der Waals surface area contributed by atoms with Crippen LogP contribution in [0, 0.1) is 6.07 Å². The molecule has 1 radical (unpaired) electrons. The van der Waals surface area contributed by atoms with Crippen LogP contribution in [-0.4, -0.2) is 13.7 Å². The zero-order chi connectivity index (χ0) is 8.97. The summed E-state index contributed by atoms with van der Waals surface area (Å²) in [4.78, 5) is 0. The average molecular weight is 229 g/mol. The van der Waals surface area contributed by atoms with Gasteiger partial charge in [0.15, 0.2) is 0 Å². The van der Waals surface area contributed by atoms with Crippen molar-refractivity contribution in [3.8, 4) is 5.75 Å². The maximum absolute atomic E-state index is 5.43. The van der Waals surface area contributed by atoms with Gasteiger partial charge in [-0.1, -0.05) is 15.9 Å². The molecule has 0 amide bonds. The lowest BCUT2D eigenvalue weighted by Gasteiger charge is -2.04. The Morgan fingerprint density at radius 1 is 1.67 bits per heavy atom. The van der Waals surface area contributed by atoms with Crippen molar-refractivity contribution in [3.05, 3.63) is 28.2 Å². The second kappa shape index (κ2) is 4.48. The Labute approximate surface area is 80.8 Å². The minimum atomic E-state index is 0.652. The summed E-state index contributed by atoms with van der Waals surface area (Å²) in [5, 5.41) is 0. The number of halogens is 1. The van der Waals surface area contributed by atoms with E-state index in [0.29, 0.717) is 6.54 Å². The summed E-state index contributed by atoms with van der Waals surface area (Å²) in [5.74, 6) is 0.739. The molecular formula is C9H11BrNO. The molecule has 2 nitrogen and oxygen atoms in total. The first-order chi connectivity index (χ1) is 5.77. The fourth-order valence-corrected chi connectivity index (χ4v) is 1.46. The van der Waals surface area contributed by atoms with Crippen molar-refractivity contribution in [2.75, 3.05) is 13.7 Å². The predicted octanol–water partition coefficient (Wildman–Crippen LogP) is 1.76. The van der Waals surface area contributed by atoms with E-state index < -0.39 is 0 Å². The molecule has 0 aliphatic heterocycles. The molecule has 0 heterocycles. The van der Waals surface area contributed by atoms with Gasteiger partial charge in [0.25, 0.3) is 0 Å². The van der Waals surface area contributed by atoms with Crippen LogP contribution in [0.1, 0.15) is 5.56 Å². The molecule has 0 saturated carbocycles. The van der Waals surface area contributed by atoms with Gasteiger partial charge in [0.2, 0.25) is 0 Å². The third-order valence-corrected chi connectivity index (χ3v) is 2.33. The standard InChI is InChI=1S/C9H11BrNO/c1-12-8-3-2-7(4-5-11)9(10)6-8/h2,6H,4-5,11H2,1H3. The minimum absolute atomic E-state index is 0.652. The molecule has 0 aliphatic carbocycles. The zero-order valence-electron chi connectivity index (χ0n) is 6.93. The average Bonchev–Trinajstić information content (AvgIpc) is 2.09. The summed E-state index contributed by atoms with van der Waals surface area (Å²) in [7, 11) is 1.63.